The first-order chi connectivity index (χ1) is 11.3. The maximum absolute atomic E-state index is 12.2. The van der Waals surface area contributed by atoms with Crippen LogP contribution in [0.3, 0.4) is 0 Å². The molecule has 1 aromatic heterocycles. The van der Waals surface area contributed by atoms with Gasteiger partial charge in [-0.1, -0.05) is 18.0 Å². The van der Waals surface area contributed by atoms with E-state index in [0.29, 0.717) is 16.2 Å². The van der Waals surface area contributed by atoms with Gasteiger partial charge >= 0.3 is 0 Å². The molecule has 2 fully saturated rings. The Kier molecular flexibility index (Phi) is 7.15. The summed E-state index contributed by atoms with van der Waals surface area (Å²) in [6.07, 6.45) is 5.20. The lowest BCUT2D eigenvalue weighted by Gasteiger charge is -2.45. The lowest BCUT2D eigenvalue weighted by atomic mass is 9.67. The smallest absolute Gasteiger partial charge is 0.250 e. The second-order valence-corrected chi connectivity index (χ2v) is 10.4. The molecule has 3 rings (SSSR count). The van der Waals surface area contributed by atoms with Crippen LogP contribution in [-0.4, -0.2) is 33.0 Å². The van der Waals surface area contributed by atoms with Crippen molar-refractivity contribution in [1.29, 1.82) is 0 Å². The summed E-state index contributed by atoms with van der Waals surface area (Å²) in [6.45, 7) is -0.264. The second kappa shape index (κ2) is 8.54. The fraction of sp³-hybridized carbons (Fsp3) is 0.667. The average Bonchev–Trinajstić information content (AvgIpc) is 2.94. The van der Waals surface area contributed by atoms with E-state index in [1.807, 2.05) is 0 Å². The Morgan fingerprint density at radius 1 is 1.28 bits per heavy atom. The van der Waals surface area contributed by atoms with Crippen molar-refractivity contribution in [2.75, 3.05) is 6.54 Å². The molecule has 0 saturated heterocycles. The van der Waals surface area contributed by atoms with Gasteiger partial charge in [-0.3, -0.25) is 4.79 Å². The van der Waals surface area contributed by atoms with Crippen molar-refractivity contribution in [2.45, 2.75) is 48.4 Å². The molecule has 2 unspecified atom stereocenters. The summed E-state index contributed by atoms with van der Waals surface area (Å²) in [4.78, 5) is 12.2. The normalized spacial score (nSPS) is 28.9. The predicted octanol–water partition coefficient (Wildman–Crippen LogP) is 2.12. The highest BCUT2D eigenvalue weighted by atomic mass is 35.5. The van der Waals surface area contributed by atoms with E-state index in [4.69, 9.17) is 17.3 Å². The van der Waals surface area contributed by atoms with E-state index in [1.54, 1.807) is 0 Å². The van der Waals surface area contributed by atoms with Gasteiger partial charge in [0.15, 0.2) is 0 Å². The number of rotatable bonds is 5. The van der Waals surface area contributed by atoms with Crippen molar-refractivity contribution in [3.8, 4) is 0 Å². The van der Waals surface area contributed by atoms with Gasteiger partial charge in [-0.25, -0.2) is 13.1 Å². The van der Waals surface area contributed by atoms with Crippen LogP contribution in [0.5, 0.6) is 0 Å². The number of hydrogen-bond donors (Lipinski definition) is 3. The third kappa shape index (κ3) is 5.08. The molecule has 1 heterocycles. The Hall–Kier alpha value is -0.380. The number of halogens is 2. The van der Waals surface area contributed by atoms with Crippen LogP contribution >= 0.6 is 35.3 Å². The quantitative estimate of drug-likeness (QED) is 0.669. The lowest BCUT2D eigenvalue weighted by molar-refractivity contribution is -0.122. The zero-order chi connectivity index (χ0) is 17.3. The highest BCUT2D eigenvalue weighted by Gasteiger charge is 2.39. The highest BCUT2D eigenvalue weighted by molar-refractivity contribution is 7.91. The first-order valence-electron chi connectivity index (χ1n) is 8.15. The largest absolute Gasteiger partial charge is 0.352 e. The zero-order valence-corrected chi connectivity index (χ0v) is 16.8. The van der Waals surface area contributed by atoms with Crippen molar-refractivity contribution >= 4 is 51.3 Å². The fourth-order valence-electron chi connectivity index (χ4n) is 3.94. The summed E-state index contributed by atoms with van der Waals surface area (Å²) in [5, 5.41) is 3.03. The molecule has 1 aromatic rings. The minimum atomic E-state index is -3.70. The SMILES string of the molecule is Cl.NC1CC2CCCC(C1)C2NC(=O)CNS(=O)(=O)c1ccc(Cl)s1. The van der Waals surface area contributed by atoms with E-state index in [0.717, 1.165) is 37.0 Å². The van der Waals surface area contributed by atoms with Crippen LogP contribution in [0, 0.1) is 11.8 Å². The van der Waals surface area contributed by atoms with Crippen molar-refractivity contribution < 1.29 is 13.2 Å². The molecule has 2 aliphatic rings. The molecule has 2 atom stereocenters. The number of sulfonamides is 1. The summed E-state index contributed by atoms with van der Waals surface area (Å²) in [5.74, 6) is 0.520. The summed E-state index contributed by atoms with van der Waals surface area (Å²) >= 11 is 6.73. The molecule has 2 bridgehead atoms. The summed E-state index contributed by atoms with van der Waals surface area (Å²) < 4.78 is 27.1. The molecule has 0 spiro atoms. The minimum absolute atomic E-state index is 0. The third-order valence-electron chi connectivity index (χ3n) is 4.94. The van der Waals surface area contributed by atoms with Gasteiger partial charge < -0.3 is 11.1 Å². The van der Waals surface area contributed by atoms with Gasteiger partial charge in [-0.05, 0) is 49.7 Å². The van der Waals surface area contributed by atoms with Crippen molar-refractivity contribution in [3.63, 3.8) is 0 Å². The fourth-order valence-corrected chi connectivity index (χ4v) is 6.45. The van der Waals surface area contributed by atoms with E-state index in [-0.39, 0.29) is 41.2 Å². The van der Waals surface area contributed by atoms with Gasteiger partial charge in [0.25, 0.3) is 10.0 Å². The first kappa shape index (κ1) is 20.9. The number of nitrogens with one attached hydrogen (secondary N) is 2. The Labute approximate surface area is 163 Å². The Bertz CT molecular complexity index is 697. The molecular formula is C15H23Cl2N3O3S2. The molecule has 1 amide bonds. The number of hydrogen-bond acceptors (Lipinski definition) is 5. The summed E-state index contributed by atoms with van der Waals surface area (Å²) in [5.41, 5.74) is 6.09. The number of nitrogens with two attached hydrogens (primary N) is 1. The van der Waals surface area contributed by atoms with Gasteiger partial charge in [0.2, 0.25) is 5.91 Å². The zero-order valence-electron chi connectivity index (χ0n) is 13.6. The number of amides is 1. The molecule has 6 nitrogen and oxygen atoms in total. The lowest BCUT2D eigenvalue weighted by Crippen LogP contribution is -2.55. The van der Waals surface area contributed by atoms with Gasteiger partial charge in [0, 0.05) is 12.1 Å². The third-order valence-corrected chi connectivity index (χ3v) is 8.06. The van der Waals surface area contributed by atoms with Crippen LogP contribution in [0.4, 0.5) is 0 Å². The van der Waals surface area contributed by atoms with E-state index < -0.39 is 10.0 Å². The number of carbonyl (C=O) groups is 1. The number of thiophene rings is 1. The van der Waals surface area contributed by atoms with Crippen LogP contribution < -0.4 is 15.8 Å². The van der Waals surface area contributed by atoms with Crippen molar-refractivity contribution in [1.82, 2.24) is 10.0 Å². The van der Waals surface area contributed by atoms with E-state index in [2.05, 4.69) is 10.0 Å². The van der Waals surface area contributed by atoms with Crippen LogP contribution in [0.25, 0.3) is 0 Å². The van der Waals surface area contributed by atoms with Gasteiger partial charge in [0.05, 0.1) is 10.9 Å². The molecule has 0 aliphatic heterocycles. The maximum atomic E-state index is 12.2. The summed E-state index contributed by atoms with van der Waals surface area (Å²) in [7, 11) is -3.70. The van der Waals surface area contributed by atoms with Crippen LogP contribution in [0.15, 0.2) is 16.3 Å². The molecule has 2 saturated carbocycles. The predicted molar refractivity (Wildman–Crippen MR) is 102 cm³/mol. The molecular weight excluding hydrogens is 405 g/mol. The number of carbonyl (C=O) groups excluding carboxylic acids is 1. The first-order valence-corrected chi connectivity index (χ1v) is 10.8. The number of fused-ring (bicyclic) bond motifs is 2. The second-order valence-electron chi connectivity index (χ2n) is 6.66. The maximum Gasteiger partial charge on any atom is 0.250 e. The van der Waals surface area contributed by atoms with Crippen LogP contribution in [0.2, 0.25) is 4.34 Å². The molecule has 25 heavy (non-hydrogen) atoms. The van der Waals surface area contributed by atoms with Crippen LogP contribution in [-0.2, 0) is 14.8 Å². The standard InChI is InChI=1S/C15H22ClN3O3S2.ClH/c16-12-4-5-14(23-12)24(21,22)18-8-13(20)19-15-9-2-1-3-10(15)7-11(17)6-9;/h4-5,9-11,15,18H,1-3,6-8,17H2,(H,19,20);1H. The van der Waals surface area contributed by atoms with Gasteiger partial charge in [-0.2, -0.15) is 0 Å². The van der Waals surface area contributed by atoms with Crippen molar-refractivity contribution in [2.24, 2.45) is 17.6 Å². The molecule has 0 radical (unpaired) electrons. The highest BCUT2D eigenvalue weighted by Crippen LogP contribution is 2.39. The molecule has 2 aliphatic carbocycles. The van der Waals surface area contributed by atoms with Gasteiger partial charge in [-0.15, -0.1) is 23.7 Å². The Morgan fingerprint density at radius 3 is 2.48 bits per heavy atom. The van der Waals surface area contributed by atoms with E-state index in [9.17, 15) is 13.2 Å². The Morgan fingerprint density at radius 2 is 1.92 bits per heavy atom. The van der Waals surface area contributed by atoms with Gasteiger partial charge in [0.1, 0.15) is 4.21 Å². The molecule has 142 valence electrons. The van der Waals surface area contributed by atoms with Crippen molar-refractivity contribution in [3.05, 3.63) is 16.5 Å². The van der Waals surface area contributed by atoms with Crippen LogP contribution in [0.1, 0.15) is 32.1 Å². The monoisotopic (exact) mass is 427 g/mol. The minimum Gasteiger partial charge on any atom is -0.352 e. The topological polar surface area (TPSA) is 101 Å². The molecule has 0 aromatic carbocycles. The van der Waals surface area contributed by atoms with E-state index >= 15 is 0 Å². The molecule has 10 heteroatoms. The molecule has 4 N–H and O–H groups in total. The Balaban J connectivity index is 0.00000225. The van der Waals surface area contributed by atoms with E-state index in [1.165, 1.54) is 18.6 Å². The average molecular weight is 428 g/mol. The summed E-state index contributed by atoms with van der Waals surface area (Å²) in [6, 6.07) is 3.29.